The van der Waals surface area contributed by atoms with Crippen LogP contribution >= 0.6 is 0 Å². The van der Waals surface area contributed by atoms with Gasteiger partial charge in [0.05, 0.1) is 31.8 Å². The van der Waals surface area contributed by atoms with Gasteiger partial charge >= 0.3 is 0 Å². The molecule has 0 amide bonds. The molecule has 0 N–H and O–H groups in total. The third-order valence-corrected chi connectivity index (χ3v) is 6.19. The van der Waals surface area contributed by atoms with E-state index in [2.05, 4.69) is 11.0 Å². The summed E-state index contributed by atoms with van der Waals surface area (Å²) in [7, 11) is 0. The van der Waals surface area contributed by atoms with Gasteiger partial charge in [-0.25, -0.2) is 0 Å². The summed E-state index contributed by atoms with van der Waals surface area (Å²) in [5.74, 6) is 0.676. The summed E-state index contributed by atoms with van der Waals surface area (Å²) in [6, 6.07) is 2.06. The molecule has 3 aliphatic heterocycles. The van der Waals surface area contributed by atoms with Crippen LogP contribution < -0.4 is 0 Å². The number of hydrogen-bond donors (Lipinski definition) is 0. The van der Waals surface area contributed by atoms with Crippen LogP contribution in [0.3, 0.4) is 0 Å². The van der Waals surface area contributed by atoms with Crippen molar-refractivity contribution in [3.8, 4) is 0 Å². The van der Waals surface area contributed by atoms with Gasteiger partial charge in [0.25, 0.3) is 0 Å². The topological polar surface area (TPSA) is 44.1 Å². The average molecular weight is 349 g/mol. The fourth-order valence-corrected chi connectivity index (χ4v) is 4.46. The van der Waals surface area contributed by atoms with E-state index in [0.717, 1.165) is 65.5 Å². The summed E-state index contributed by atoms with van der Waals surface area (Å²) in [4.78, 5) is 2.53. The Bertz CT molecular complexity index is 504. The van der Waals surface area contributed by atoms with E-state index < -0.39 is 0 Å². The molecule has 0 aliphatic carbocycles. The Hall–Kier alpha value is -0.880. The molecule has 3 saturated heterocycles. The highest BCUT2D eigenvalue weighted by atomic mass is 16.5. The van der Waals surface area contributed by atoms with Gasteiger partial charge < -0.3 is 18.6 Å². The van der Waals surface area contributed by atoms with Gasteiger partial charge in [-0.2, -0.15) is 0 Å². The molecule has 1 atom stereocenters. The van der Waals surface area contributed by atoms with Crippen molar-refractivity contribution in [2.75, 3.05) is 46.1 Å². The van der Waals surface area contributed by atoms with Crippen molar-refractivity contribution in [2.45, 2.75) is 44.8 Å². The quantitative estimate of drug-likeness (QED) is 0.790. The summed E-state index contributed by atoms with van der Waals surface area (Å²) in [6.07, 6.45) is 9.83. The summed E-state index contributed by atoms with van der Waals surface area (Å²) < 4.78 is 22.7. The Morgan fingerprint density at radius 3 is 2.76 bits per heavy atom. The van der Waals surface area contributed by atoms with Crippen molar-refractivity contribution in [1.82, 2.24) is 4.90 Å². The van der Waals surface area contributed by atoms with Crippen LogP contribution in [0.5, 0.6) is 0 Å². The highest BCUT2D eigenvalue weighted by Gasteiger charge is 2.42. The Labute approximate surface area is 150 Å². The van der Waals surface area contributed by atoms with Crippen molar-refractivity contribution in [3.63, 3.8) is 0 Å². The van der Waals surface area contributed by atoms with E-state index in [1.54, 1.807) is 6.26 Å². The molecule has 5 nitrogen and oxygen atoms in total. The Morgan fingerprint density at radius 2 is 2.00 bits per heavy atom. The molecule has 1 aromatic rings. The fraction of sp³-hybridized carbons (Fsp3) is 0.800. The molecule has 3 fully saturated rings. The molecule has 0 saturated carbocycles. The zero-order chi connectivity index (χ0) is 17.0. The summed E-state index contributed by atoms with van der Waals surface area (Å²) >= 11 is 0. The smallest absolute Gasteiger partial charge is 0.0947 e. The van der Waals surface area contributed by atoms with E-state index in [-0.39, 0.29) is 0 Å². The lowest BCUT2D eigenvalue weighted by molar-refractivity contribution is -0.0183. The van der Waals surface area contributed by atoms with Gasteiger partial charge in [-0.15, -0.1) is 0 Å². The molecule has 0 bridgehead atoms. The highest BCUT2D eigenvalue weighted by molar-refractivity contribution is 5.05. The van der Waals surface area contributed by atoms with E-state index >= 15 is 0 Å². The van der Waals surface area contributed by atoms with Crippen LogP contribution in [0.25, 0.3) is 0 Å². The molecule has 0 aromatic carbocycles. The lowest BCUT2D eigenvalue weighted by Crippen LogP contribution is -2.40. The van der Waals surface area contributed by atoms with Gasteiger partial charge in [-0.1, -0.05) is 0 Å². The van der Waals surface area contributed by atoms with Crippen LogP contribution in [-0.2, 0) is 20.8 Å². The molecule has 1 spiro atoms. The minimum absolute atomic E-state index is 0.292. The summed E-state index contributed by atoms with van der Waals surface area (Å²) in [5.41, 5.74) is 1.66. The largest absolute Gasteiger partial charge is 0.472 e. The van der Waals surface area contributed by atoms with Gasteiger partial charge in [-0.3, -0.25) is 4.90 Å². The zero-order valence-electron chi connectivity index (χ0n) is 15.2. The van der Waals surface area contributed by atoms with Crippen LogP contribution in [0.1, 0.15) is 37.7 Å². The number of nitrogens with zero attached hydrogens (tertiary/aromatic N) is 1. The third kappa shape index (κ3) is 4.64. The first-order chi connectivity index (χ1) is 12.3. The van der Waals surface area contributed by atoms with Crippen molar-refractivity contribution in [1.29, 1.82) is 0 Å². The molecule has 0 unspecified atom stereocenters. The van der Waals surface area contributed by atoms with Crippen LogP contribution in [0.2, 0.25) is 0 Å². The minimum Gasteiger partial charge on any atom is -0.472 e. The van der Waals surface area contributed by atoms with Crippen molar-refractivity contribution >= 4 is 0 Å². The summed E-state index contributed by atoms with van der Waals surface area (Å²) in [5, 5.41) is 0. The Kier molecular flexibility index (Phi) is 5.76. The average Bonchev–Trinajstić information content (AvgIpc) is 3.29. The van der Waals surface area contributed by atoms with E-state index in [1.807, 2.05) is 6.26 Å². The molecule has 0 radical (unpaired) electrons. The second kappa shape index (κ2) is 8.21. The predicted molar refractivity (Wildman–Crippen MR) is 94.4 cm³/mol. The maximum atomic E-state index is 6.09. The van der Waals surface area contributed by atoms with Gasteiger partial charge in [0.15, 0.2) is 0 Å². The van der Waals surface area contributed by atoms with Crippen LogP contribution in [0.4, 0.5) is 0 Å². The third-order valence-electron chi connectivity index (χ3n) is 6.19. The first kappa shape index (κ1) is 17.5. The normalized spacial score (nSPS) is 27.9. The van der Waals surface area contributed by atoms with E-state index in [4.69, 9.17) is 18.6 Å². The SMILES string of the molecule is c1cc(CN2CCC3(CC2)CO[C@H](COCC2CCOCC2)C3)co1. The van der Waals surface area contributed by atoms with Crippen molar-refractivity contribution in [2.24, 2.45) is 11.3 Å². The predicted octanol–water partition coefficient (Wildman–Crippen LogP) is 3.09. The first-order valence-corrected chi connectivity index (χ1v) is 9.82. The van der Waals surface area contributed by atoms with Crippen molar-refractivity contribution < 1.29 is 18.6 Å². The lowest BCUT2D eigenvalue weighted by Gasteiger charge is -2.38. The van der Waals surface area contributed by atoms with Gasteiger partial charge in [0.1, 0.15) is 0 Å². The maximum Gasteiger partial charge on any atom is 0.0947 e. The standard InChI is InChI=1S/C20H31NO4/c1-8-22-9-2-17(1)13-24-15-19-11-20(16-25-19)4-6-21(7-5-20)12-18-3-10-23-14-18/h3,10,14,17,19H,1-2,4-9,11-13,15-16H2/t19-/m0/s1. The first-order valence-electron chi connectivity index (χ1n) is 9.82. The Morgan fingerprint density at radius 1 is 1.16 bits per heavy atom. The van der Waals surface area contributed by atoms with Crippen LogP contribution in [0.15, 0.2) is 23.0 Å². The molecule has 3 aliphatic rings. The molecule has 4 rings (SSSR count). The maximum absolute atomic E-state index is 6.09. The second-order valence-corrected chi connectivity index (χ2v) is 8.14. The number of furan rings is 1. The lowest BCUT2D eigenvalue weighted by atomic mass is 9.76. The van der Waals surface area contributed by atoms with Gasteiger partial charge in [-0.05, 0) is 62.6 Å². The molecule has 140 valence electrons. The van der Waals surface area contributed by atoms with E-state index in [0.29, 0.717) is 17.4 Å². The van der Waals surface area contributed by atoms with Crippen LogP contribution in [0, 0.1) is 11.3 Å². The molecular weight excluding hydrogens is 318 g/mol. The molecule has 1 aromatic heterocycles. The zero-order valence-corrected chi connectivity index (χ0v) is 15.2. The molecule has 4 heterocycles. The number of rotatable bonds is 6. The minimum atomic E-state index is 0.292. The van der Waals surface area contributed by atoms with E-state index in [1.165, 1.54) is 24.8 Å². The number of piperidine rings is 1. The number of ether oxygens (including phenoxy) is 3. The molecule has 25 heavy (non-hydrogen) atoms. The monoisotopic (exact) mass is 349 g/mol. The highest BCUT2D eigenvalue weighted by Crippen LogP contribution is 2.42. The number of hydrogen-bond acceptors (Lipinski definition) is 5. The van der Waals surface area contributed by atoms with Gasteiger partial charge in [0.2, 0.25) is 0 Å². The van der Waals surface area contributed by atoms with Gasteiger partial charge in [0, 0.05) is 31.9 Å². The number of likely N-dealkylation sites (tertiary alicyclic amines) is 1. The fourth-order valence-electron chi connectivity index (χ4n) is 4.46. The van der Waals surface area contributed by atoms with E-state index in [9.17, 15) is 0 Å². The van der Waals surface area contributed by atoms with Crippen LogP contribution in [-0.4, -0.2) is 57.1 Å². The Balaban J connectivity index is 1.16. The van der Waals surface area contributed by atoms with Crippen molar-refractivity contribution in [3.05, 3.63) is 24.2 Å². The second-order valence-electron chi connectivity index (χ2n) is 8.14. The summed E-state index contributed by atoms with van der Waals surface area (Å²) in [6.45, 7) is 7.66. The molecular formula is C20H31NO4. The molecule has 5 heteroatoms.